The summed E-state index contributed by atoms with van der Waals surface area (Å²) in [7, 11) is 2.13. The minimum Gasteiger partial charge on any atom is -0.507 e. The predicted octanol–water partition coefficient (Wildman–Crippen LogP) is 3.56. The van der Waals surface area contributed by atoms with Crippen LogP contribution in [0.15, 0.2) is 36.5 Å². The Balaban J connectivity index is 1.76. The van der Waals surface area contributed by atoms with E-state index in [-0.39, 0.29) is 5.75 Å². The lowest BCUT2D eigenvalue weighted by Crippen LogP contribution is -2.40. The van der Waals surface area contributed by atoms with Crippen molar-refractivity contribution in [2.75, 3.05) is 25.5 Å². The monoisotopic (exact) mass is 369 g/mol. The fourth-order valence-corrected chi connectivity index (χ4v) is 3.62. The van der Waals surface area contributed by atoms with Crippen molar-refractivity contribution >= 4 is 28.3 Å². The van der Waals surface area contributed by atoms with Crippen LogP contribution in [0.1, 0.15) is 12.8 Å². The van der Waals surface area contributed by atoms with E-state index in [1.807, 2.05) is 12.1 Å². The third-order valence-corrected chi connectivity index (χ3v) is 4.95. The molecule has 0 bridgehead atoms. The van der Waals surface area contributed by atoms with E-state index in [0.717, 1.165) is 37.1 Å². The molecular formula is C19H20ClN5O. The second-order valence-electron chi connectivity index (χ2n) is 6.70. The van der Waals surface area contributed by atoms with Gasteiger partial charge in [0.1, 0.15) is 17.0 Å². The number of hydrogen-bond donors (Lipinski definition) is 2. The van der Waals surface area contributed by atoms with E-state index in [2.05, 4.69) is 32.4 Å². The molecular weight excluding hydrogens is 350 g/mol. The maximum absolute atomic E-state index is 10.3. The Bertz CT molecular complexity index is 948. The number of halogens is 1. The van der Waals surface area contributed by atoms with Gasteiger partial charge in [-0.3, -0.25) is 4.98 Å². The van der Waals surface area contributed by atoms with E-state index in [4.69, 9.17) is 11.6 Å². The van der Waals surface area contributed by atoms with E-state index < -0.39 is 0 Å². The first-order chi connectivity index (χ1) is 12.6. The van der Waals surface area contributed by atoms with Crippen molar-refractivity contribution in [3.8, 4) is 17.0 Å². The number of nitrogens with zero attached hydrogens (tertiary/aromatic N) is 4. The largest absolute Gasteiger partial charge is 0.507 e. The van der Waals surface area contributed by atoms with Gasteiger partial charge in [-0.25, -0.2) is 0 Å². The van der Waals surface area contributed by atoms with Gasteiger partial charge in [0.05, 0.1) is 0 Å². The van der Waals surface area contributed by atoms with Crippen molar-refractivity contribution in [1.29, 1.82) is 0 Å². The van der Waals surface area contributed by atoms with Crippen LogP contribution >= 0.6 is 11.6 Å². The summed E-state index contributed by atoms with van der Waals surface area (Å²) in [6, 6.07) is 9.14. The highest BCUT2D eigenvalue weighted by Gasteiger charge is 2.20. The summed E-state index contributed by atoms with van der Waals surface area (Å²) >= 11 is 5.94. The van der Waals surface area contributed by atoms with Gasteiger partial charge in [0.25, 0.3) is 0 Å². The second kappa shape index (κ2) is 7.05. The number of aromatic hydroxyl groups is 1. The number of pyridine rings is 1. The normalized spacial score (nSPS) is 18.2. The van der Waals surface area contributed by atoms with Crippen LogP contribution in [0, 0.1) is 0 Å². The van der Waals surface area contributed by atoms with Crippen LogP contribution in [0.25, 0.3) is 22.2 Å². The van der Waals surface area contributed by atoms with Crippen LogP contribution < -0.4 is 5.32 Å². The summed E-state index contributed by atoms with van der Waals surface area (Å²) < 4.78 is 0. The van der Waals surface area contributed by atoms with Crippen molar-refractivity contribution in [2.24, 2.45) is 0 Å². The Morgan fingerprint density at radius 1 is 1.27 bits per heavy atom. The maximum Gasteiger partial charge on any atom is 0.158 e. The molecule has 1 aliphatic rings. The van der Waals surface area contributed by atoms with Gasteiger partial charge in [-0.05, 0) is 56.8 Å². The zero-order valence-corrected chi connectivity index (χ0v) is 15.2. The minimum absolute atomic E-state index is 0.0633. The molecule has 0 spiro atoms. The van der Waals surface area contributed by atoms with Gasteiger partial charge in [-0.2, -0.15) is 0 Å². The Morgan fingerprint density at radius 3 is 2.96 bits per heavy atom. The molecule has 3 aromatic rings. The third-order valence-electron chi connectivity index (χ3n) is 4.72. The molecule has 0 radical (unpaired) electrons. The molecule has 7 heteroatoms. The molecule has 26 heavy (non-hydrogen) atoms. The molecule has 1 saturated heterocycles. The highest BCUT2D eigenvalue weighted by atomic mass is 35.5. The topological polar surface area (TPSA) is 74.2 Å². The van der Waals surface area contributed by atoms with Gasteiger partial charge in [0, 0.05) is 34.8 Å². The molecule has 0 unspecified atom stereocenters. The summed E-state index contributed by atoms with van der Waals surface area (Å²) in [5, 5.41) is 23.9. The van der Waals surface area contributed by atoms with Crippen molar-refractivity contribution in [3.05, 3.63) is 41.6 Å². The Hall–Kier alpha value is -2.44. The molecule has 1 atom stereocenters. The smallest absolute Gasteiger partial charge is 0.158 e. The van der Waals surface area contributed by atoms with Gasteiger partial charge in [-0.1, -0.05) is 11.6 Å². The van der Waals surface area contributed by atoms with E-state index in [0.29, 0.717) is 27.8 Å². The number of aromatic nitrogens is 3. The quantitative estimate of drug-likeness (QED) is 0.735. The first-order valence-electron chi connectivity index (χ1n) is 8.67. The number of likely N-dealkylation sites (N-methyl/N-ethyl adjacent to an activating group) is 1. The summed E-state index contributed by atoms with van der Waals surface area (Å²) in [5.74, 6) is 0.791. The summed E-state index contributed by atoms with van der Waals surface area (Å²) in [6.07, 6.45) is 3.99. The summed E-state index contributed by atoms with van der Waals surface area (Å²) in [6.45, 7) is 2.10. The van der Waals surface area contributed by atoms with Crippen molar-refractivity contribution in [2.45, 2.75) is 18.9 Å². The molecule has 2 aromatic heterocycles. The number of likely N-dealkylation sites (tertiary alicyclic amines) is 1. The average molecular weight is 370 g/mol. The maximum atomic E-state index is 10.3. The lowest BCUT2D eigenvalue weighted by Gasteiger charge is -2.30. The molecule has 1 aliphatic heterocycles. The molecule has 134 valence electrons. The Kier molecular flexibility index (Phi) is 4.61. The Labute approximate surface area is 156 Å². The van der Waals surface area contributed by atoms with Gasteiger partial charge in [0.15, 0.2) is 5.82 Å². The number of fused-ring (bicyclic) bond motifs is 1. The molecule has 3 heterocycles. The number of phenolic OH excluding ortho intramolecular Hbond substituents is 1. The number of piperidine rings is 1. The molecule has 0 saturated carbocycles. The standard InChI is InChI=1S/C19H20ClN5O/c1-25-9-3-4-13(11-25)22-19-15-5-2-8-21-17(15)18(23-24-19)14-7-6-12(20)10-16(14)26/h2,5-8,10,13,26H,3-4,9,11H2,1H3,(H,22,24)/t13-/m1/s1. The third kappa shape index (κ3) is 3.30. The molecule has 4 rings (SSSR count). The fourth-order valence-electron chi connectivity index (χ4n) is 3.46. The molecule has 6 nitrogen and oxygen atoms in total. The second-order valence-corrected chi connectivity index (χ2v) is 7.14. The highest BCUT2D eigenvalue weighted by molar-refractivity contribution is 6.30. The molecule has 2 N–H and O–H groups in total. The average Bonchev–Trinajstić information content (AvgIpc) is 2.63. The van der Waals surface area contributed by atoms with Crippen LogP contribution in [0.3, 0.4) is 0 Å². The van der Waals surface area contributed by atoms with Gasteiger partial charge in [-0.15, -0.1) is 10.2 Å². The number of anilines is 1. The minimum atomic E-state index is 0.0633. The van der Waals surface area contributed by atoms with E-state index in [1.54, 1.807) is 18.3 Å². The van der Waals surface area contributed by atoms with Crippen molar-refractivity contribution < 1.29 is 5.11 Å². The molecule has 0 amide bonds. The number of hydrogen-bond acceptors (Lipinski definition) is 6. The molecule has 0 aliphatic carbocycles. The van der Waals surface area contributed by atoms with Crippen LogP contribution in [-0.4, -0.2) is 51.4 Å². The van der Waals surface area contributed by atoms with Gasteiger partial charge >= 0.3 is 0 Å². The summed E-state index contributed by atoms with van der Waals surface area (Å²) in [5.41, 5.74) is 1.81. The van der Waals surface area contributed by atoms with Crippen LogP contribution in [0.5, 0.6) is 5.75 Å². The van der Waals surface area contributed by atoms with E-state index in [9.17, 15) is 5.11 Å². The zero-order chi connectivity index (χ0) is 18.1. The van der Waals surface area contributed by atoms with Crippen LogP contribution in [0.2, 0.25) is 5.02 Å². The zero-order valence-electron chi connectivity index (χ0n) is 14.5. The van der Waals surface area contributed by atoms with E-state index >= 15 is 0 Å². The summed E-state index contributed by atoms with van der Waals surface area (Å²) in [4.78, 5) is 6.81. The number of benzene rings is 1. The Morgan fingerprint density at radius 2 is 2.15 bits per heavy atom. The number of phenols is 1. The number of nitrogens with one attached hydrogen (secondary N) is 1. The van der Waals surface area contributed by atoms with Crippen molar-refractivity contribution in [1.82, 2.24) is 20.1 Å². The van der Waals surface area contributed by atoms with Crippen LogP contribution in [-0.2, 0) is 0 Å². The molecule has 1 fully saturated rings. The fraction of sp³-hybridized carbons (Fsp3) is 0.316. The predicted molar refractivity (Wildman–Crippen MR) is 104 cm³/mol. The SMILES string of the molecule is CN1CCC[C@@H](Nc2nnc(-c3ccc(Cl)cc3O)c3ncccc23)C1. The first kappa shape index (κ1) is 17.0. The van der Waals surface area contributed by atoms with Gasteiger partial charge < -0.3 is 15.3 Å². The van der Waals surface area contributed by atoms with E-state index in [1.165, 1.54) is 6.07 Å². The molecule has 1 aromatic carbocycles. The first-order valence-corrected chi connectivity index (χ1v) is 9.05. The van der Waals surface area contributed by atoms with Crippen molar-refractivity contribution in [3.63, 3.8) is 0 Å². The van der Waals surface area contributed by atoms with Gasteiger partial charge in [0.2, 0.25) is 0 Å². The van der Waals surface area contributed by atoms with Crippen LogP contribution in [0.4, 0.5) is 5.82 Å². The lowest BCUT2D eigenvalue weighted by molar-refractivity contribution is 0.261. The highest BCUT2D eigenvalue weighted by Crippen LogP contribution is 2.35. The number of rotatable bonds is 3. The lowest BCUT2D eigenvalue weighted by atomic mass is 10.1.